The van der Waals surface area contributed by atoms with Gasteiger partial charge in [-0.25, -0.2) is 9.97 Å². The van der Waals surface area contributed by atoms with Crippen molar-refractivity contribution in [2.75, 3.05) is 0 Å². The van der Waals surface area contributed by atoms with Crippen LogP contribution in [0.4, 0.5) is 0 Å². The van der Waals surface area contributed by atoms with Crippen molar-refractivity contribution in [2.24, 2.45) is 4.99 Å². The Labute approximate surface area is 174 Å². The number of hydrogen-bond donors (Lipinski definition) is 0. The molecule has 2 aromatic heterocycles. The van der Waals surface area contributed by atoms with Crippen molar-refractivity contribution in [3.63, 3.8) is 0 Å². The third-order valence-electron chi connectivity index (χ3n) is 4.70. The van der Waals surface area contributed by atoms with Gasteiger partial charge < -0.3 is 4.57 Å². The quantitative estimate of drug-likeness (QED) is 0.405. The van der Waals surface area contributed by atoms with Gasteiger partial charge in [0.15, 0.2) is 0 Å². The summed E-state index contributed by atoms with van der Waals surface area (Å²) in [6.45, 7) is 6.33. The summed E-state index contributed by atoms with van der Waals surface area (Å²) in [5, 5.41) is 0.702. The molecule has 0 atom stereocenters. The van der Waals surface area contributed by atoms with Crippen LogP contribution in [0, 0.1) is 6.92 Å². The average molecular weight is 402 g/mol. The van der Waals surface area contributed by atoms with Gasteiger partial charge in [-0.3, -0.25) is 9.56 Å². The van der Waals surface area contributed by atoms with Crippen LogP contribution in [0.5, 0.6) is 0 Å². The molecular formula is C23H20ClN5. The number of benzene rings is 2. The highest BCUT2D eigenvalue weighted by Gasteiger charge is 2.15. The lowest BCUT2D eigenvalue weighted by atomic mass is 10.1. The Hall–Kier alpha value is -3.44. The third kappa shape index (κ3) is 4.05. The molecule has 6 heteroatoms. The van der Waals surface area contributed by atoms with Crippen LogP contribution in [-0.4, -0.2) is 25.8 Å². The first-order valence-corrected chi connectivity index (χ1v) is 9.56. The van der Waals surface area contributed by atoms with Crippen LogP contribution in [0.25, 0.3) is 23.2 Å². The first kappa shape index (κ1) is 18.9. The summed E-state index contributed by atoms with van der Waals surface area (Å²) >= 11 is 6.08. The first-order valence-electron chi connectivity index (χ1n) is 9.18. The molecule has 0 N–H and O–H groups in total. The van der Waals surface area contributed by atoms with Gasteiger partial charge in [-0.05, 0) is 49.5 Å². The van der Waals surface area contributed by atoms with E-state index in [1.54, 1.807) is 12.4 Å². The Morgan fingerprint density at radius 1 is 1.10 bits per heavy atom. The molecule has 2 aromatic carbocycles. The van der Waals surface area contributed by atoms with Crippen molar-refractivity contribution in [3.05, 3.63) is 95.4 Å². The highest BCUT2D eigenvalue weighted by Crippen LogP contribution is 2.28. The molecule has 2 heterocycles. The zero-order valence-corrected chi connectivity index (χ0v) is 16.8. The molecule has 4 aromatic rings. The lowest BCUT2D eigenvalue weighted by Crippen LogP contribution is -2.00. The predicted molar refractivity (Wildman–Crippen MR) is 119 cm³/mol. The molecule has 29 heavy (non-hydrogen) atoms. The van der Waals surface area contributed by atoms with E-state index < -0.39 is 0 Å². The second-order valence-electron chi connectivity index (χ2n) is 6.65. The minimum atomic E-state index is 0.702. The Balaban J connectivity index is 1.76. The van der Waals surface area contributed by atoms with Crippen LogP contribution < -0.4 is 0 Å². The minimum absolute atomic E-state index is 0.702. The monoisotopic (exact) mass is 401 g/mol. The third-order valence-corrected chi connectivity index (χ3v) is 4.96. The van der Waals surface area contributed by atoms with Crippen LogP contribution >= 0.6 is 11.6 Å². The Morgan fingerprint density at radius 2 is 1.86 bits per heavy atom. The molecule has 5 nitrogen and oxygen atoms in total. The molecule has 0 saturated heterocycles. The van der Waals surface area contributed by atoms with Crippen molar-refractivity contribution < 1.29 is 0 Å². The van der Waals surface area contributed by atoms with Crippen LogP contribution in [0.3, 0.4) is 0 Å². The van der Waals surface area contributed by atoms with Crippen LogP contribution in [-0.2, 0) is 6.54 Å². The lowest BCUT2D eigenvalue weighted by molar-refractivity contribution is 0.797. The maximum atomic E-state index is 6.08. The molecule has 0 fully saturated rings. The topological polar surface area (TPSA) is 48.0 Å². The highest BCUT2D eigenvalue weighted by molar-refractivity contribution is 6.30. The van der Waals surface area contributed by atoms with Gasteiger partial charge in [-0.2, -0.15) is 0 Å². The number of aromatic nitrogens is 4. The van der Waals surface area contributed by atoms with Crippen molar-refractivity contribution in [2.45, 2.75) is 13.5 Å². The molecule has 0 amide bonds. The normalized spacial score (nSPS) is 11.2. The maximum Gasteiger partial charge on any atom is 0.145 e. The number of imidazole rings is 2. The highest BCUT2D eigenvalue weighted by atomic mass is 35.5. The van der Waals surface area contributed by atoms with Crippen LogP contribution in [0.15, 0.2) is 78.4 Å². The summed E-state index contributed by atoms with van der Waals surface area (Å²) in [4.78, 5) is 12.8. The Bertz CT molecular complexity index is 1140. The zero-order valence-electron chi connectivity index (χ0n) is 16.0. The van der Waals surface area contributed by atoms with E-state index in [2.05, 4.69) is 45.5 Å². The molecule has 4 rings (SSSR count). The van der Waals surface area contributed by atoms with Gasteiger partial charge >= 0.3 is 0 Å². The number of rotatable bonds is 6. The van der Waals surface area contributed by atoms with E-state index in [1.165, 1.54) is 5.56 Å². The molecule has 0 aliphatic heterocycles. The van der Waals surface area contributed by atoms with E-state index >= 15 is 0 Å². The average Bonchev–Trinajstić information content (AvgIpc) is 3.36. The zero-order chi connectivity index (χ0) is 20.2. The van der Waals surface area contributed by atoms with Crippen molar-refractivity contribution in [1.82, 2.24) is 19.1 Å². The van der Waals surface area contributed by atoms with Gasteiger partial charge in [0, 0.05) is 47.1 Å². The standard InChI is InChI=1S/C23H20ClN5/c1-17-22(11-12-25-2)27-23(29(17)21-9-7-20(24)8-10-21)19-5-3-18(4-6-19)15-28-14-13-26-16-28/h3-14,16H,2,15H2,1H3/b12-11-. The molecule has 0 unspecified atom stereocenters. The van der Waals surface area contributed by atoms with Crippen molar-refractivity contribution in [3.8, 4) is 17.1 Å². The number of aliphatic imine (C=N–C) groups is 1. The predicted octanol–water partition coefficient (Wildman–Crippen LogP) is 5.42. The van der Waals surface area contributed by atoms with Gasteiger partial charge in [0.1, 0.15) is 5.82 Å². The fourth-order valence-electron chi connectivity index (χ4n) is 3.25. The second-order valence-corrected chi connectivity index (χ2v) is 7.08. The number of nitrogens with zero attached hydrogens (tertiary/aromatic N) is 5. The molecule has 0 spiro atoms. The van der Waals surface area contributed by atoms with Gasteiger partial charge in [0.25, 0.3) is 0 Å². The molecule has 144 valence electrons. The molecular weight excluding hydrogens is 382 g/mol. The summed E-state index contributed by atoms with van der Waals surface area (Å²) in [5.74, 6) is 0.864. The fraction of sp³-hybridized carbons (Fsp3) is 0.0870. The minimum Gasteiger partial charge on any atom is -0.333 e. The van der Waals surface area contributed by atoms with Gasteiger partial charge in [0.2, 0.25) is 0 Å². The van der Waals surface area contributed by atoms with Crippen molar-refractivity contribution in [1.29, 1.82) is 0 Å². The molecule has 0 aliphatic carbocycles. The van der Waals surface area contributed by atoms with E-state index in [9.17, 15) is 0 Å². The van der Waals surface area contributed by atoms with Gasteiger partial charge in [-0.15, -0.1) is 0 Å². The summed E-state index contributed by atoms with van der Waals surface area (Å²) in [5.41, 5.74) is 5.10. The second kappa shape index (κ2) is 8.29. The maximum absolute atomic E-state index is 6.08. The molecule has 0 saturated carbocycles. The van der Waals surface area contributed by atoms with Gasteiger partial charge in [0.05, 0.1) is 12.0 Å². The van der Waals surface area contributed by atoms with Crippen LogP contribution in [0.2, 0.25) is 5.02 Å². The van der Waals surface area contributed by atoms with Crippen LogP contribution in [0.1, 0.15) is 17.0 Å². The molecule has 0 radical (unpaired) electrons. The van der Waals surface area contributed by atoms with E-state index in [-0.39, 0.29) is 0 Å². The van der Waals surface area contributed by atoms with Gasteiger partial charge in [-0.1, -0.05) is 35.9 Å². The smallest absolute Gasteiger partial charge is 0.145 e. The van der Waals surface area contributed by atoms with Crippen molar-refractivity contribution >= 4 is 24.4 Å². The fourth-order valence-corrected chi connectivity index (χ4v) is 3.38. The number of hydrogen-bond acceptors (Lipinski definition) is 3. The summed E-state index contributed by atoms with van der Waals surface area (Å²) < 4.78 is 4.17. The van der Waals surface area contributed by atoms with E-state index in [4.69, 9.17) is 16.6 Å². The summed E-state index contributed by atoms with van der Waals surface area (Å²) in [6.07, 6.45) is 9.08. The molecule has 0 bridgehead atoms. The Kier molecular flexibility index (Phi) is 5.40. The summed E-state index contributed by atoms with van der Waals surface area (Å²) in [7, 11) is 0. The van der Waals surface area contributed by atoms with E-state index in [0.717, 1.165) is 35.0 Å². The lowest BCUT2D eigenvalue weighted by Gasteiger charge is -2.11. The SMILES string of the molecule is C=N/C=C\c1nc(-c2ccc(Cn3ccnc3)cc2)n(-c2ccc(Cl)cc2)c1C. The molecule has 0 aliphatic rings. The number of halogens is 1. The largest absolute Gasteiger partial charge is 0.333 e. The first-order chi connectivity index (χ1) is 14.2. The van der Waals surface area contributed by atoms with E-state index in [1.807, 2.05) is 54.4 Å². The van der Waals surface area contributed by atoms with E-state index in [0.29, 0.717) is 5.02 Å². The summed E-state index contributed by atoms with van der Waals surface area (Å²) in [6, 6.07) is 16.2. The Morgan fingerprint density at radius 3 is 2.52 bits per heavy atom.